The molecule has 1 aliphatic rings. The molecule has 1 heterocycles. The SMILES string of the molecule is Cc1ccccc1[C@H]1CNC[C@H]1CF. The maximum Gasteiger partial charge on any atom is 0.0941 e. The number of nitrogens with one attached hydrogen (secondary N) is 1. The molecule has 0 aliphatic carbocycles. The van der Waals surface area contributed by atoms with Gasteiger partial charge in [0, 0.05) is 24.9 Å². The Hall–Kier alpha value is -0.890. The Kier molecular flexibility index (Phi) is 2.82. The van der Waals surface area contributed by atoms with Crippen molar-refractivity contribution in [3.63, 3.8) is 0 Å². The van der Waals surface area contributed by atoms with Crippen LogP contribution in [-0.4, -0.2) is 19.8 Å². The Morgan fingerprint density at radius 3 is 2.86 bits per heavy atom. The number of benzene rings is 1. The minimum Gasteiger partial charge on any atom is -0.316 e. The minimum absolute atomic E-state index is 0.163. The fourth-order valence-corrected chi connectivity index (χ4v) is 2.26. The van der Waals surface area contributed by atoms with Gasteiger partial charge in [0.25, 0.3) is 0 Å². The van der Waals surface area contributed by atoms with Gasteiger partial charge in [-0.15, -0.1) is 0 Å². The number of halogens is 1. The molecule has 2 heteroatoms. The third-order valence-electron chi connectivity index (χ3n) is 3.13. The second-order valence-electron chi connectivity index (χ2n) is 4.04. The Morgan fingerprint density at radius 1 is 1.36 bits per heavy atom. The van der Waals surface area contributed by atoms with Crippen molar-refractivity contribution in [3.05, 3.63) is 35.4 Å². The normalized spacial score (nSPS) is 26.7. The molecule has 1 aromatic rings. The van der Waals surface area contributed by atoms with Gasteiger partial charge in [0.05, 0.1) is 6.67 Å². The van der Waals surface area contributed by atoms with E-state index in [4.69, 9.17) is 0 Å². The van der Waals surface area contributed by atoms with Gasteiger partial charge in [-0.25, -0.2) is 0 Å². The van der Waals surface area contributed by atoms with Gasteiger partial charge in [0.2, 0.25) is 0 Å². The van der Waals surface area contributed by atoms with Gasteiger partial charge >= 0.3 is 0 Å². The molecule has 76 valence electrons. The van der Waals surface area contributed by atoms with Crippen molar-refractivity contribution in [2.24, 2.45) is 5.92 Å². The number of rotatable bonds is 2. The summed E-state index contributed by atoms with van der Waals surface area (Å²) in [5.41, 5.74) is 2.58. The lowest BCUT2D eigenvalue weighted by atomic mass is 9.87. The standard InChI is InChI=1S/C12H16FN/c1-9-4-2-3-5-11(9)12-8-14-7-10(12)6-13/h2-5,10,12,14H,6-8H2,1H3/t10-,12+/m1/s1. The monoisotopic (exact) mass is 193 g/mol. The molecule has 0 saturated carbocycles. The average molecular weight is 193 g/mol. The zero-order valence-electron chi connectivity index (χ0n) is 8.46. The third-order valence-corrected chi connectivity index (χ3v) is 3.13. The van der Waals surface area contributed by atoms with Crippen molar-refractivity contribution in [2.45, 2.75) is 12.8 Å². The summed E-state index contributed by atoms with van der Waals surface area (Å²) >= 11 is 0. The molecule has 0 unspecified atom stereocenters. The second kappa shape index (κ2) is 4.09. The molecule has 1 saturated heterocycles. The third kappa shape index (κ3) is 1.67. The van der Waals surface area contributed by atoms with Crippen LogP contribution in [0.5, 0.6) is 0 Å². The van der Waals surface area contributed by atoms with Crippen LogP contribution in [0.2, 0.25) is 0 Å². The fourth-order valence-electron chi connectivity index (χ4n) is 2.26. The molecule has 0 amide bonds. The first kappa shape index (κ1) is 9.66. The van der Waals surface area contributed by atoms with Gasteiger partial charge in [-0.1, -0.05) is 24.3 Å². The summed E-state index contributed by atoms with van der Waals surface area (Å²) in [6, 6.07) is 8.29. The van der Waals surface area contributed by atoms with Crippen molar-refractivity contribution in [1.29, 1.82) is 0 Å². The molecule has 0 radical (unpaired) electrons. The highest BCUT2D eigenvalue weighted by atomic mass is 19.1. The van der Waals surface area contributed by atoms with E-state index in [1.165, 1.54) is 11.1 Å². The lowest BCUT2D eigenvalue weighted by molar-refractivity contribution is 0.358. The van der Waals surface area contributed by atoms with Crippen LogP contribution in [0.15, 0.2) is 24.3 Å². The molecular formula is C12H16FN. The quantitative estimate of drug-likeness (QED) is 0.759. The molecule has 2 rings (SSSR count). The van der Waals surface area contributed by atoms with Crippen LogP contribution in [0.3, 0.4) is 0 Å². The highest BCUT2D eigenvalue weighted by Gasteiger charge is 2.28. The highest BCUT2D eigenvalue weighted by Crippen LogP contribution is 2.30. The van der Waals surface area contributed by atoms with Gasteiger partial charge < -0.3 is 5.32 Å². The Balaban J connectivity index is 2.26. The number of hydrogen-bond donors (Lipinski definition) is 1. The Bertz CT molecular complexity index is 311. The molecular weight excluding hydrogens is 177 g/mol. The maximum absolute atomic E-state index is 12.7. The average Bonchev–Trinajstić information content (AvgIpc) is 2.66. The van der Waals surface area contributed by atoms with E-state index >= 15 is 0 Å². The molecule has 1 aliphatic heterocycles. The Labute approximate surface area is 84.3 Å². The van der Waals surface area contributed by atoms with E-state index in [2.05, 4.69) is 24.4 Å². The molecule has 0 spiro atoms. The zero-order chi connectivity index (χ0) is 9.97. The number of aryl methyl sites for hydroxylation is 1. The summed E-state index contributed by atoms with van der Waals surface area (Å²) in [5.74, 6) is 0.525. The predicted octanol–water partition coefficient (Wildman–Crippen LogP) is 2.27. The molecule has 0 bridgehead atoms. The van der Waals surface area contributed by atoms with Gasteiger partial charge in [0.15, 0.2) is 0 Å². The minimum atomic E-state index is -0.216. The van der Waals surface area contributed by atoms with E-state index in [-0.39, 0.29) is 12.6 Å². The van der Waals surface area contributed by atoms with E-state index in [0.717, 1.165) is 13.1 Å². The van der Waals surface area contributed by atoms with Crippen LogP contribution in [0, 0.1) is 12.8 Å². The van der Waals surface area contributed by atoms with E-state index < -0.39 is 0 Å². The summed E-state index contributed by atoms with van der Waals surface area (Å²) < 4.78 is 12.7. The van der Waals surface area contributed by atoms with E-state index in [9.17, 15) is 4.39 Å². The highest BCUT2D eigenvalue weighted by molar-refractivity contribution is 5.30. The molecule has 14 heavy (non-hydrogen) atoms. The fraction of sp³-hybridized carbons (Fsp3) is 0.500. The van der Waals surface area contributed by atoms with Crippen LogP contribution in [0.25, 0.3) is 0 Å². The molecule has 1 fully saturated rings. The van der Waals surface area contributed by atoms with Crippen molar-refractivity contribution in [3.8, 4) is 0 Å². The Morgan fingerprint density at radius 2 is 2.14 bits per heavy atom. The molecule has 2 atom stereocenters. The summed E-state index contributed by atoms with van der Waals surface area (Å²) in [6.45, 7) is 3.61. The van der Waals surface area contributed by atoms with Crippen LogP contribution in [-0.2, 0) is 0 Å². The van der Waals surface area contributed by atoms with E-state index in [1.54, 1.807) is 0 Å². The topological polar surface area (TPSA) is 12.0 Å². The molecule has 1 nitrogen and oxygen atoms in total. The van der Waals surface area contributed by atoms with Crippen molar-refractivity contribution >= 4 is 0 Å². The van der Waals surface area contributed by atoms with Crippen LogP contribution >= 0.6 is 0 Å². The number of hydrogen-bond acceptors (Lipinski definition) is 1. The first-order valence-electron chi connectivity index (χ1n) is 5.15. The summed E-state index contributed by atoms with van der Waals surface area (Å²) in [6.07, 6.45) is 0. The van der Waals surface area contributed by atoms with Crippen LogP contribution in [0.1, 0.15) is 17.0 Å². The maximum atomic E-state index is 12.7. The first-order chi connectivity index (χ1) is 6.83. The predicted molar refractivity (Wildman–Crippen MR) is 56.3 cm³/mol. The molecule has 1 aromatic carbocycles. The summed E-state index contributed by atoms with van der Waals surface area (Å²) in [5, 5.41) is 3.26. The summed E-state index contributed by atoms with van der Waals surface area (Å²) in [4.78, 5) is 0. The van der Waals surface area contributed by atoms with Crippen LogP contribution in [0.4, 0.5) is 4.39 Å². The lowest BCUT2D eigenvalue weighted by Crippen LogP contribution is -2.13. The largest absolute Gasteiger partial charge is 0.316 e. The van der Waals surface area contributed by atoms with Gasteiger partial charge in [-0.05, 0) is 18.1 Å². The van der Waals surface area contributed by atoms with E-state index in [0.29, 0.717) is 5.92 Å². The van der Waals surface area contributed by atoms with Crippen molar-refractivity contribution in [2.75, 3.05) is 19.8 Å². The zero-order valence-corrected chi connectivity index (χ0v) is 8.46. The summed E-state index contributed by atoms with van der Waals surface area (Å²) in [7, 11) is 0. The van der Waals surface area contributed by atoms with Gasteiger partial charge in [-0.2, -0.15) is 0 Å². The van der Waals surface area contributed by atoms with Crippen molar-refractivity contribution < 1.29 is 4.39 Å². The second-order valence-corrected chi connectivity index (χ2v) is 4.04. The van der Waals surface area contributed by atoms with E-state index in [1.807, 2.05) is 12.1 Å². The van der Waals surface area contributed by atoms with Gasteiger partial charge in [-0.3, -0.25) is 4.39 Å². The van der Waals surface area contributed by atoms with Crippen LogP contribution < -0.4 is 5.32 Å². The van der Waals surface area contributed by atoms with Gasteiger partial charge in [0.1, 0.15) is 0 Å². The number of alkyl halides is 1. The molecule has 0 aromatic heterocycles. The molecule has 1 N–H and O–H groups in total. The lowest BCUT2D eigenvalue weighted by Gasteiger charge is -2.17. The first-order valence-corrected chi connectivity index (χ1v) is 5.15. The van der Waals surface area contributed by atoms with Crippen molar-refractivity contribution in [1.82, 2.24) is 5.32 Å². The smallest absolute Gasteiger partial charge is 0.0941 e.